The van der Waals surface area contributed by atoms with E-state index in [1.807, 2.05) is 19.1 Å². The van der Waals surface area contributed by atoms with Crippen LogP contribution in [0.5, 0.6) is 0 Å². The Kier molecular flexibility index (Phi) is 5.44. The minimum atomic E-state index is -0.136. The minimum Gasteiger partial charge on any atom is -0.354 e. The van der Waals surface area contributed by atoms with Crippen LogP contribution in [0.4, 0.5) is 0 Å². The van der Waals surface area contributed by atoms with E-state index in [-0.39, 0.29) is 17.2 Å². The Morgan fingerprint density at radius 3 is 2.90 bits per heavy atom. The van der Waals surface area contributed by atoms with Gasteiger partial charge in [0, 0.05) is 25.4 Å². The van der Waals surface area contributed by atoms with E-state index in [2.05, 4.69) is 20.5 Å². The maximum atomic E-state index is 11.7. The van der Waals surface area contributed by atoms with Crippen molar-refractivity contribution in [3.63, 3.8) is 0 Å². The zero-order valence-corrected chi connectivity index (χ0v) is 12.3. The maximum Gasteiger partial charge on any atom is 0.253 e. The molecular weight excluding hydrogens is 290 g/mol. The van der Waals surface area contributed by atoms with Gasteiger partial charge in [-0.05, 0) is 19.1 Å². The smallest absolute Gasteiger partial charge is 0.253 e. The van der Waals surface area contributed by atoms with Gasteiger partial charge in [0.05, 0.1) is 17.8 Å². The second kappa shape index (κ2) is 7.53. The fourth-order valence-electron chi connectivity index (χ4n) is 1.52. The summed E-state index contributed by atoms with van der Waals surface area (Å²) in [7, 11) is 0. The van der Waals surface area contributed by atoms with E-state index in [1.54, 1.807) is 0 Å². The number of hydrogen-bond acceptors (Lipinski definition) is 6. The van der Waals surface area contributed by atoms with Crippen LogP contribution < -0.4 is 10.9 Å². The van der Waals surface area contributed by atoms with Crippen LogP contribution >= 0.6 is 11.8 Å². The van der Waals surface area contributed by atoms with Crippen LogP contribution in [0, 0.1) is 6.92 Å². The van der Waals surface area contributed by atoms with Crippen LogP contribution in [0.3, 0.4) is 0 Å². The summed E-state index contributed by atoms with van der Waals surface area (Å²) in [6, 6.07) is 5.06. The summed E-state index contributed by atoms with van der Waals surface area (Å²) in [5, 5.41) is 11.3. The normalized spacial score (nSPS) is 10.3. The minimum absolute atomic E-state index is 0.112. The van der Waals surface area contributed by atoms with E-state index in [0.29, 0.717) is 18.1 Å². The molecule has 0 aliphatic heterocycles. The largest absolute Gasteiger partial charge is 0.354 e. The third-order valence-corrected chi connectivity index (χ3v) is 3.51. The molecule has 1 amide bonds. The predicted octanol–water partition coefficient (Wildman–Crippen LogP) is 0.250. The molecule has 1 N–H and O–H groups in total. The first-order chi connectivity index (χ1) is 10.1. The molecule has 0 fully saturated rings. The van der Waals surface area contributed by atoms with Gasteiger partial charge in [-0.2, -0.15) is 5.10 Å². The average Bonchev–Trinajstić information content (AvgIpc) is 2.49. The molecule has 0 aromatic carbocycles. The first-order valence-corrected chi connectivity index (χ1v) is 7.34. The van der Waals surface area contributed by atoms with Crippen molar-refractivity contribution in [1.29, 1.82) is 0 Å². The summed E-state index contributed by atoms with van der Waals surface area (Å²) >= 11 is 1.32. The van der Waals surface area contributed by atoms with Crippen LogP contribution in [-0.2, 0) is 11.3 Å². The molecule has 0 saturated carbocycles. The van der Waals surface area contributed by atoms with Gasteiger partial charge >= 0.3 is 0 Å². The Labute approximate surface area is 125 Å². The van der Waals surface area contributed by atoms with Crippen LogP contribution in [0.2, 0.25) is 0 Å². The highest BCUT2D eigenvalue weighted by Crippen LogP contribution is 2.13. The first-order valence-electron chi connectivity index (χ1n) is 6.35. The Hall–Kier alpha value is -2.22. The number of rotatable bonds is 6. The molecule has 21 heavy (non-hydrogen) atoms. The molecule has 2 aromatic rings. The molecule has 0 spiro atoms. The summed E-state index contributed by atoms with van der Waals surface area (Å²) in [5.41, 5.74) is 0.703. The Bertz CT molecular complexity index is 656. The summed E-state index contributed by atoms with van der Waals surface area (Å²) in [6.07, 6.45) is 2.89. The molecule has 0 radical (unpaired) electrons. The fourth-order valence-corrected chi connectivity index (χ4v) is 2.16. The van der Waals surface area contributed by atoms with Gasteiger partial charge in [0.15, 0.2) is 0 Å². The molecule has 0 bridgehead atoms. The van der Waals surface area contributed by atoms with Gasteiger partial charge in [-0.3, -0.25) is 14.2 Å². The molecule has 0 atom stereocenters. The maximum absolute atomic E-state index is 11.7. The van der Waals surface area contributed by atoms with Crippen molar-refractivity contribution in [3.8, 4) is 0 Å². The van der Waals surface area contributed by atoms with Crippen LogP contribution in [-0.4, -0.2) is 38.0 Å². The van der Waals surface area contributed by atoms with E-state index in [4.69, 9.17) is 0 Å². The lowest BCUT2D eigenvalue weighted by atomic mass is 10.4. The second-order valence-electron chi connectivity index (χ2n) is 4.26. The lowest BCUT2D eigenvalue weighted by molar-refractivity contribution is -0.118. The number of carbonyl (C=O) groups is 1. The second-order valence-corrected chi connectivity index (χ2v) is 5.26. The van der Waals surface area contributed by atoms with Gasteiger partial charge in [-0.1, -0.05) is 11.8 Å². The van der Waals surface area contributed by atoms with Gasteiger partial charge in [-0.15, -0.1) is 5.10 Å². The monoisotopic (exact) mass is 305 g/mol. The SMILES string of the molecule is Cc1ccc(SCC(=O)NCCn2cnccc2=O)nn1. The number of carbonyl (C=O) groups excluding carboxylic acids is 1. The van der Waals surface area contributed by atoms with E-state index in [9.17, 15) is 9.59 Å². The Morgan fingerprint density at radius 2 is 2.19 bits per heavy atom. The molecule has 110 valence electrons. The third-order valence-electron chi connectivity index (χ3n) is 2.59. The highest BCUT2D eigenvalue weighted by atomic mass is 32.2. The lowest BCUT2D eigenvalue weighted by Gasteiger charge is -2.06. The Balaban J connectivity index is 1.71. The Morgan fingerprint density at radius 1 is 1.33 bits per heavy atom. The average molecular weight is 305 g/mol. The van der Waals surface area contributed by atoms with Crippen LogP contribution in [0.1, 0.15) is 5.69 Å². The summed E-state index contributed by atoms with van der Waals surface area (Å²) < 4.78 is 1.44. The molecule has 2 aromatic heterocycles. The molecule has 0 aliphatic carbocycles. The zero-order chi connectivity index (χ0) is 15.1. The number of thioether (sulfide) groups is 1. The van der Waals surface area contributed by atoms with Crippen molar-refractivity contribution in [2.75, 3.05) is 12.3 Å². The molecule has 0 aliphatic rings. The molecule has 2 heterocycles. The van der Waals surface area contributed by atoms with E-state index < -0.39 is 0 Å². The van der Waals surface area contributed by atoms with Crippen molar-refractivity contribution in [1.82, 2.24) is 25.1 Å². The van der Waals surface area contributed by atoms with Gasteiger partial charge in [0.1, 0.15) is 5.03 Å². The van der Waals surface area contributed by atoms with E-state index in [0.717, 1.165) is 5.69 Å². The number of nitrogens with zero attached hydrogens (tertiary/aromatic N) is 4. The van der Waals surface area contributed by atoms with E-state index in [1.165, 1.54) is 34.9 Å². The summed E-state index contributed by atoms with van der Waals surface area (Å²) in [5.74, 6) is 0.152. The molecule has 2 rings (SSSR count). The van der Waals surface area contributed by atoms with Gasteiger partial charge < -0.3 is 5.32 Å². The zero-order valence-electron chi connectivity index (χ0n) is 11.5. The topological polar surface area (TPSA) is 89.8 Å². The molecular formula is C13H15N5O2S. The number of nitrogens with one attached hydrogen (secondary N) is 1. The lowest BCUT2D eigenvalue weighted by Crippen LogP contribution is -2.31. The summed E-state index contributed by atoms with van der Waals surface area (Å²) in [6.45, 7) is 2.63. The third kappa shape index (κ3) is 4.99. The molecule has 0 saturated heterocycles. The first kappa shape index (κ1) is 15.2. The standard InChI is InChI=1S/C13H15N5O2S/c1-10-2-3-12(17-16-10)21-8-11(19)15-6-7-18-9-14-5-4-13(18)20/h2-5,9H,6-8H2,1H3,(H,15,19). The van der Waals surface area contributed by atoms with Crippen molar-refractivity contribution >= 4 is 17.7 Å². The van der Waals surface area contributed by atoms with E-state index >= 15 is 0 Å². The number of aromatic nitrogens is 4. The molecule has 7 nitrogen and oxygen atoms in total. The molecule has 0 unspecified atom stereocenters. The van der Waals surface area contributed by atoms with Crippen molar-refractivity contribution in [2.24, 2.45) is 0 Å². The fraction of sp³-hybridized carbons (Fsp3) is 0.308. The van der Waals surface area contributed by atoms with Crippen molar-refractivity contribution in [2.45, 2.75) is 18.5 Å². The van der Waals surface area contributed by atoms with Gasteiger partial charge in [-0.25, -0.2) is 4.98 Å². The summed E-state index contributed by atoms with van der Waals surface area (Å²) in [4.78, 5) is 27.0. The number of aryl methyl sites for hydroxylation is 1. The van der Waals surface area contributed by atoms with Crippen molar-refractivity contribution < 1.29 is 4.79 Å². The van der Waals surface area contributed by atoms with Gasteiger partial charge in [0.25, 0.3) is 5.56 Å². The number of hydrogen-bond donors (Lipinski definition) is 1. The van der Waals surface area contributed by atoms with Crippen molar-refractivity contribution in [3.05, 3.63) is 46.8 Å². The molecule has 8 heteroatoms. The highest BCUT2D eigenvalue weighted by molar-refractivity contribution is 7.99. The van der Waals surface area contributed by atoms with Gasteiger partial charge in [0.2, 0.25) is 5.91 Å². The van der Waals surface area contributed by atoms with Crippen LogP contribution in [0.15, 0.2) is 40.5 Å². The van der Waals surface area contributed by atoms with Crippen LogP contribution in [0.25, 0.3) is 0 Å². The predicted molar refractivity (Wildman–Crippen MR) is 79.0 cm³/mol. The number of amides is 1. The highest BCUT2D eigenvalue weighted by Gasteiger charge is 2.04. The quantitative estimate of drug-likeness (QED) is 0.770.